The molecule has 2 aliphatic heterocycles. The highest BCUT2D eigenvalue weighted by molar-refractivity contribution is 5.79. The van der Waals surface area contributed by atoms with E-state index in [0.717, 1.165) is 4.57 Å². The molecule has 11 heteroatoms. The number of hydrogen-bond donors (Lipinski definition) is 0. The molecule has 0 radical (unpaired) electrons. The summed E-state index contributed by atoms with van der Waals surface area (Å²) in [5.74, 6) is -1.40. The molecule has 1 aromatic rings. The number of carbonyl (C=O) groups excluding carboxylic acids is 2. The number of piperidine rings is 1. The summed E-state index contributed by atoms with van der Waals surface area (Å²) in [7, 11) is 0. The second kappa shape index (κ2) is 7.49. The molecule has 2 atom stereocenters. The van der Waals surface area contributed by atoms with Crippen LogP contribution >= 0.6 is 0 Å². The van der Waals surface area contributed by atoms with Crippen molar-refractivity contribution in [1.29, 1.82) is 0 Å². The van der Waals surface area contributed by atoms with Crippen molar-refractivity contribution < 1.29 is 27.5 Å². The van der Waals surface area contributed by atoms with Gasteiger partial charge in [-0.1, -0.05) is 6.92 Å². The van der Waals surface area contributed by atoms with Crippen LogP contribution in [0.1, 0.15) is 45.8 Å². The lowest BCUT2D eigenvalue weighted by Crippen LogP contribution is -2.50. The Balaban J connectivity index is 1.62. The fourth-order valence-corrected chi connectivity index (χ4v) is 3.79. The largest absolute Gasteiger partial charge is 0.451 e. The van der Waals surface area contributed by atoms with Gasteiger partial charge in [-0.25, -0.2) is 4.79 Å². The van der Waals surface area contributed by atoms with Gasteiger partial charge >= 0.3 is 12.3 Å². The van der Waals surface area contributed by atoms with Crippen LogP contribution < -0.4 is 0 Å². The smallest absolute Gasteiger partial charge is 0.444 e. The molecule has 1 fully saturated rings. The molecule has 1 saturated heterocycles. The van der Waals surface area contributed by atoms with E-state index in [1.165, 1.54) is 4.90 Å². The first-order chi connectivity index (χ1) is 13.4. The van der Waals surface area contributed by atoms with Gasteiger partial charge in [0.05, 0.1) is 6.54 Å². The fourth-order valence-electron chi connectivity index (χ4n) is 3.79. The van der Waals surface area contributed by atoms with Crippen LogP contribution in [-0.4, -0.2) is 61.8 Å². The van der Waals surface area contributed by atoms with Gasteiger partial charge in [-0.2, -0.15) is 13.2 Å². The molecule has 0 spiro atoms. The maximum Gasteiger partial charge on any atom is 0.451 e. The summed E-state index contributed by atoms with van der Waals surface area (Å²) in [4.78, 5) is 28.4. The molecule has 162 valence electrons. The Labute approximate surface area is 167 Å². The SMILES string of the molecule is C[C@H]1CN(C(=O)OC(C)(C)C)CCC1C(=O)N1CCn2c(nnc2C(F)(F)F)C1. The Morgan fingerprint density at radius 3 is 2.34 bits per heavy atom. The van der Waals surface area contributed by atoms with Crippen molar-refractivity contribution in [3.8, 4) is 0 Å². The molecule has 3 rings (SSSR count). The minimum absolute atomic E-state index is 0.000906. The molecule has 3 heterocycles. The lowest BCUT2D eigenvalue weighted by Gasteiger charge is -2.39. The van der Waals surface area contributed by atoms with Gasteiger partial charge in [-0.05, 0) is 33.1 Å². The normalized spacial score (nSPS) is 23.0. The van der Waals surface area contributed by atoms with Gasteiger partial charge < -0.3 is 19.1 Å². The monoisotopic (exact) mass is 417 g/mol. The summed E-state index contributed by atoms with van der Waals surface area (Å²) in [6.07, 6.45) is -4.49. The maximum atomic E-state index is 13.0. The molecule has 0 N–H and O–H groups in total. The minimum Gasteiger partial charge on any atom is -0.444 e. The lowest BCUT2D eigenvalue weighted by molar-refractivity contribution is -0.148. The number of rotatable bonds is 1. The topological polar surface area (TPSA) is 80.6 Å². The summed E-state index contributed by atoms with van der Waals surface area (Å²) < 4.78 is 45.3. The number of amides is 2. The van der Waals surface area contributed by atoms with Crippen LogP contribution in [0.25, 0.3) is 0 Å². The van der Waals surface area contributed by atoms with E-state index >= 15 is 0 Å². The van der Waals surface area contributed by atoms with Crippen molar-refractivity contribution in [2.24, 2.45) is 11.8 Å². The van der Waals surface area contributed by atoms with Crippen molar-refractivity contribution >= 4 is 12.0 Å². The second-order valence-electron chi connectivity index (χ2n) is 8.65. The molecule has 2 amide bonds. The standard InChI is InChI=1S/C18H26F3N5O3/c1-11-9-25(16(28)29-17(2,3)4)6-5-12(11)14(27)24-7-8-26-13(10-24)22-23-15(26)18(19,20)21/h11-12H,5-10H2,1-4H3/t11-,12?/m0/s1. The zero-order chi connectivity index (χ0) is 21.6. The van der Waals surface area contributed by atoms with Crippen molar-refractivity contribution in [2.45, 2.75) is 59.0 Å². The van der Waals surface area contributed by atoms with Crippen LogP contribution in [0.3, 0.4) is 0 Å². The predicted octanol–water partition coefficient (Wildman–Crippen LogP) is 2.53. The van der Waals surface area contributed by atoms with Gasteiger partial charge in [0.15, 0.2) is 5.82 Å². The highest BCUT2D eigenvalue weighted by atomic mass is 19.4. The Kier molecular flexibility index (Phi) is 5.52. The number of aromatic nitrogens is 3. The highest BCUT2D eigenvalue weighted by Gasteiger charge is 2.41. The predicted molar refractivity (Wildman–Crippen MR) is 95.5 cm³/mol. The fraction of sp³-hybridized carbons (Fsp3) is 0.778. The van der Waals surface area contributed by atoms with Crippen molar-refractivity contribution in [3.63, 3.8) is 0 Å². The van der Waals surface area contributed by atoms with Crippen LogP contribution in [0.15, 0.2) is 0 Å². The highest BCUT2D eigenvalue weighted by Crippen LogP contribution is 2.31. The van der Waals surface area contributed by atoms with Crippen LogP contribution in [0.2, 0.25) is 0 Å². The maximum absolute atomic E-state index is 13.0. The van der Waals surface area contributed by atoms with Crippen molar-refractivity contribution in [1.82, 2.24) is 24.6 Å². The number of nitrogens with zero attached hydrogens (tertiary/aromatic N) is 5. The first kappa shape index (κ1) is 21.4. The summed E-state index contributed by atoms with van der Waals surface area (Å²) in [6.45, 7) is 8.26. The number of likely N-dealkylation sites (tertiary alicyclic amines) is 1. The third-order valence-electron chi connectivity index (χ3n) is 5.19. The molecule has 0 aromatic carbocycles. The molecular weight excluding hydrogens is 391 g/mol. The summed E-state index contributed by atoms with van der Waals surface area (Å²) in [5.41, 5.74) is -0.591. The molecule has 1 unspecified atom stereocenters. The lowest BCUT2D eigenvalue weighted by atomic mass is 9.85. The van der Waals surface area contributed by atoms with E-state index in [4.69, 9.17) is 4.74 Å². The number of halogens is 3. The van der Waals surface area contributed by atoms with E-state index in [-0.39, 0.29) is 43.2 Å². The first-order valence-corrected chi connectivity index (χ1v) is 9.63. The summed E-state index contributed by atoms with van der Waals surface area (Å²) in [6, 6.07) is 0. The summed E-state index contributed by atoms with van der Waals surface area (Å²) in [5, 5.41) is 6.86. The second-order valence-corrected chi connectivity index (χ2v) is 8.65. The quantitative estimate of drug-likeness (QED) is 0.702. The van der Waals surface area contributed by atoms with Crippen LogP contribution in [0.4, 0.5) is 18.0 Å². The summed E-state index contributed by atoms with van der Waals surface area (Å²) >= 11 is 0. The van der Waals surface area contributed by atoms with Crippen LogP contribution in [-0.2, 0) is 28.8 Å². The van der Waals surface area contributed by atoms with Crippen molar-refractivity contribution in [3.05, 3.63) is 11.6 Å². The minimum atomic E-state index is -4.57. The number of hydrogen-bond acceptors (Lipinski definition) is 5. The zero-order valence-electron chi connectivity index (χ0n) is 17.0. The first-order valence-electron chi connectivity index (χ1n) is 9.63. The van der Waals surface area contributed by atoms with Gasteiger partial charge in [0, 0.05) is 32.1 Å². The van der Waals surface area contributed by atoms with Crippen LogP contribution in [0, 0.1) is 11.8 Å². The Hall–Kier alpha value is -2.33. The average molecular weight is 417 g/mol. The third-order valence-corrected chi connectivity index (χ3v) is 5.19. The van der Waals surface area contributed by atoms with Gasteiger partial charge in [0.1, 0.15) is 5.60 Å². The van der Waals surface area contributed by atoms with E-state index in [0.29, 0.717) is 19.5 Å². The number of alkyl halides is 3. The number of fused-ring (bicyclic) bond motifs is 1. The van der Waals surface area contributed by atoms with Crippen molar-refractivity contribution in [2.75, 3.05) is 19.6 Å². The van der Waals surface area contributed by atoms with Gasteiger partial charge in [-0.3, -0.25) is 4.79 Å². The molecule has 0 saturated carbocycles. The Morgan fingerprint density at radius 1 is 1.07 bits per heavy atom. The average Bonchev–Trinajstić information content (AvgIpc) is 3.03. The molecular formula is C18H26F3N5O3. The van der Waals surface area contributed by atoms with E-state index in [1.54, 1.807) is 25.7 Å². The van der Waals surface area contributed by atoms with E-state index in [1.807, 2.05) is 6.92 Å². The van der Waals surface area contributed by atoms with Gasteiger partial charge in [0.2, 0.25) is 11.7 Å². The van der Waals surface area contributed by atoms with E-state index in [9.17, 15) is 22.8 Å². The van der Waals surface area contributed by atoms with Crippen LogP contribution in [0.5, 0.6) is 0 Å². The molecule has 0 bridgehead atoms. The zero-order valence-corrected chi connectivity index (χ0v) is 17.0. The molecule has 2 aliphatic rings. The Morgan fingerprint density at radius 2 is 1.76 bits per heavy atom. The van der Waals surface area contributed by atoms with E-state index in [2.05, 4.69) is 10.2 Å². The molecule has 29 heavy (non-hydrogen) atoms. The van der Waals surface area contributed by atoms with Gasteiger partial charge in [0.25, 0.3) is 0 Å². The molecule has 0 aliphatic carbocycles. The van der Waals surface area contributed by atoms with E-state index < -0.39 is 23.7 Å². The molecule has 1 aromatic heterocycles. The molecule has 8 nitrogen and oxygen atoms in total. The Bertz CT molecular complexity index is 787. The third kappa shape index (κ3) is 4.64. The van der Waals surface area contributed by atoms with Gasteiger partial charge in [-0.15, -0.1) is 10.2 Å². The number of ether oxygens (including phenoxy) is 1. The number of carbonyl (C=O) groups is 2.